The van der Waals surface area contributed by atoms with Gasteiger partial charge in [0.1, 0.15) is 12.8 Å². The number of benzene rings is 2. The first-order valence-corrected chi connectivity index (χ1v) is 11.3. The van der Waals surface area contributed by atoms with Crippen molar-refractivity contribution in [2.75, 3.05) is 31.1 Å². The number of amides is 2. The fraction of sp³-hybridized carbons (Fsp3) is 0.348. The summed E-state index contributed by atoms with van der Waals surface area (Å²) in [5.41, 5.74) is 1.31. The molecule has 2 aromatic carbocycles. The Kier molecular flexibility index (Phi) is 5.64. The van der Waals surface area contributed by atoms with E-state index in [-0.39, 0.29) is 12.5 Å². The third kappa shape index (κ3) is 4.08. The molecule has 2 unspecified atom stereocenters. The molecule has 8 nitrogen and oxygen atoms in total. The van der Waals surface area contributed by atoms with E-state index in [0.29, 0.717) is 34.8 Å². The zero-order valence-electron chi connectivity index (χ0n) is 18.3. The van der Waals surface area contributed by atoms with Crippen molar-refractivity contribution in [2.45, 2.75) is 24.2 Å². The van der Waals surface area contributed by atoms with E-state index in [4.69, 9.17) is 11.6 Å². The Morgan fingerprint density at radius 2 is 2.09 bits per heavy atom. The Balaban J connectivity index is 1.41. The molecule has 2 amide bonds. The summed E-state index contributed by atoms with van der Waals surface area (Å²) in [7, 11) is 0. The van der Waals surface area contributed by atoms with Gasteiger partial charge in [0.2, 0.25) is 5.91 Å². The van der Waals surface area contributed by atoms with E-state index in [9.17, 15) is 27.9 Å². The molecule has 5 rings (SSSR count). The number of nitrogens with one attached hydrogen (secondary N) is 2. The number of hydrogen-bond acceptors (Lipinski definition) is 5. The summed E-state index contributed by atoms with van der Waals surface area (Å²) in [5.74, 6) is -1.11. The van der Waals surface area contributed by atoms with Crippen molar-refractivity contribution in [3.63, 3.8) is 0 Å². The first-order chi connectivity index (χ1) is 16.6. The fourth-order valence-electron chi connectivity index (χ4n) is 5.06. The number of aromatic nitrogens is 2. The SMILES string of the molecule is O=C(CN1c2cccc(Cl)c2C2(CCN(C(=O)c3ccc4[nH]ncc4c3)C2)C1O)NCC(F)(F)F. The van der Waals surface area contributed by atoms with E-state index in [1.54, 1.807) is 47.5 Å². The summed E-state index contributed by atoms with van der Waals surface area (Å²) >= 11 is 6.52. The number of H-pyrrole nitrogens is 1. The lowest BCUT2D eigenvalue weighted by molar-refractivity contribution is -0.137. The van der Waals surface area contributed by atoms with Crippen molar-refractivity contribution < 1.29 is 27.9 Å². The van der Waals surface area contributed by atoms with Crippen LogP contribution in [0.15, 0.2) is 42.6 Å². The van der Waals surface area contributed by atoms with Crippen LogP contribution in [0.25, 0.3) is 10.9 Å². The molecular weight excluding hydrogens is 487 g/mol. The van der Waals surface area contributed by atoms with Gasteiger partial charge in [-0.25, -0.2) is 0 Å². The molecule has 1 fully saturated rings. The van der Waals surface area contributed by atoms with Gasteiger partial charge in [0.25, 0.3) is 5.91 Å². The number of fused-ring (bicyclic) bond motifs is 3. The summed E-state index contributed by atoms with van der Waals surface area (Å²) in [6.45, 7) is -1.49. The Morgan fingerprint density at radius 3 is 2.86 bits per heavy atom. The molecule has 1 saturated heterocycles. The van der Waals surface area contributed by atoms with Crippen LogP contribution in [0.5, 0.6) is 0 Å². The average molecular weight is 508 g/mol. The molecule has 0 bridgehead atoms. The normalized spacial score (nSPS) is 21.7. The maximum Gasteiger partial charge on any atom is 0.405 e. The molecule has 2 aliphatic heterocycles. The Hall–Kier alpha value is -3.31. The second kappa shape index (κ2) is 8.42. The standard InChI is InChI=1S/C23H21ClF3N5O3/c24-15-2-1-3-17-19(15)22(21(35)32(17)10-18(33)28-11-23(25,26)27)6-7-31(12-22)20(34)13-4-5-16-14(8-13)9-29-30-16/h1-5,8-9,21,35H,6-7,10-12H2,(H,28,33)(H,29,30). The van der Waals surface area contributed by atoms with E-state index in [1.165, 1.54) is 4.90 Å². The lowest BCUT2D eigenvalue weighted by Gasteiger charge is -2.32. The van der Waals surface area contributed by atoms with Gasteiger partial charge in [0, 0.05) is 40.3 Å². The number of aliphatic hydroxyl groups is 1. The van der Waals surface area contributed by atoms with E-state index in [2.05, 4.69) is 10.2 Å². The number of halogens is 4. The van der Waals surface area contributed by atoms with E-state index in [1.807, 2.05) is 5.32 Å². The van der Waals surface area contributed by atoms with Gasteiger partial charge in [-0.3, -0.25) is 14.7 Å². The maximum absolute atomic E-state index is 13.3. The predicted octanol–water partition coefficient (Wildman–Crippen LogP) is 2.82. The highest BCUT2D eigenvalue weighted by atomic mass is 35.5. The minimum Gasteiger partial charge on any atom is -0.373 e. The van der Waals surface area contributed by atoms with Crippen LogP contribution >= 0.6 is 11.6 Å². The van der Waals surface area contributed by atoms with Crippen LogP contribution in [0.3, 0.4) is 0 Å². The fourth-order valence-corrected chi connectivity index (χ4v) is 5.42. The molecule has 3 heterocycles. The van der Waals surface area contributed by atoms with Gasteiger partial charge >= 0.3 is 6.18 Å². The molecule has 1 aromatic heterocycles. The lowest BCUT2D eigenvalue weighted by Crippen LogP contribution is -2.50. The summed E-state index contributed by atoms with van der Waals surface area (Å²) in [6.07, 6.45) is -3.82. The summed E-state index contributed by atoms with van der Waals surface area (Å²) in [5, 5.41) is 21.1. The number of anilines is 1. The molecule has 184 valence electrons. The van der Waals surface area contributed by atoms with Crippen molar-refractivity contribution in [3.8, 4) is 0 Å². The van der Waals surface area contributed by atoms with Gasteiger partial charge in [0.15, 0.2) is 0 Å². The van der Waals surface area contributed by atoms with Crippen LogP contribution in [0, 0.1) is 0 Å². The minimum absolute atomic E-state index is 0.133. The van der Waals surface area contributed by atoms with Gasteiger partial charge in [-0.05, 0) is 36.8 Å². The number of rotatable bonds is 4. The van der Waals surface area contributed by atoms with Crippen LogP contribution in [-0.4, -0.2) is 70.6 Å². The van der Waals surface area contributed by atoms with Gasteiger partial charge < -0.3 is 20.2 Å². The number of aliphatic hydroxyl groups excluding tert-OH is 1. The van der Waals surface area contributed by atoms with Crippen LogP contribution in [0.4, 0.5) is 18.9 Å². The van der Waals surface area contributed by atoms with Crippen LogP contribution in [-0.2, 0) is 10.2 Å². The van der Waals surface area contributed by atoms with Crippen molar-refractivity contribution in [1.29, 1.82) is 0 Å². The van der Waals surface area contributed by atoms with Crippen molar-refractivity contribution in [1.82, 2.24) is 20.4 Å². The highest BCUT2D eigenvalue weighted by Gasteiger charge is 2.56. The monoisotopic (exact) mass is 507 g/mol. The molecule has 35 heavy (non-hydrogen) atoms. The van der Waals surface area contributed by atoms with Crippen molar-refractivity contribution in [3.05, 3.63) is 58.7 Å². The average Bonchev–Trinajstić information content (AvgIpc) is 3.51. The number of aromatic amines is 1. The number of nitrogens with zero attached hydrogens (tertiary/aromatic N) is 3. The van der Waals surface area contributed by atoms with Gasteiger partial charge in [-0.15, -0.1) is 0 Å². The summed E-state index contributed by atoms with van der Waals surface area (Å²) in [4.78, 5) is 28.5. The van der Waals surface area contributed by atoms with E-state index < -0.39 is 36.8 Å². The quantitative estimate of drug-likeness (QED) is 0.504. The Bertz CT molecular complexity index is 1310. The summed E-state index contributed by atoms with van der Waals surface area (Å²) in [6, 6.07) is 10.1. The number of carbonyl (C=O) groups is 2. The van der Waals surface area contributed by atoms with Crippen molar-refractivity contribution >= 4 is 40.0 Å². The highest BCUT2D eigenvalue weighted by molar-refractivity contribution is 6.32. The molecule has 3 aromatic rings. The largest absolute Gasteiger partial charge is 0.405 e. The van der Waals surface area contributed by atoms with Gasteiger partial charge in [-0.1, -0.05) is 17.7 Å². The first kappa shape index (κ1) is 23.4. The van der Waals surface area contributed by atoms with Crippen molar-refractivity contribution in [2.24, 2.45) is 0 Å². The topological polar surface area (TPSA) is 102 Å². The van der Waals surface area contributed by atoms with Crippen LogP contribution in [0.1, 0.15) is 22.3 Å². The Labute approximate surface area is 202 Å². The van der Waals surface area contributed by atoms with Crippen LogP contribution < -0.4 is 10.2 Å². The van der Waals surface area contributed by atoms with E-state index in [0.717, 1.165) is 10.9 Å². The molecule has 0 aliphatic carbocycles. The molecular formula is C23H21ClF3N5O3. The van der Waals surface area contributed by atoms with E-state index >= 15 is 0 Å². The third-order valence-electron chi connectivity index (χ3n) is 6.66. The first-order valence-electron chi connectivity index (χ1n) is 10.9. The zero-order chi connectivity index (χ0) is 25.0. The van der Waals surface area contributed by atoms with Gasteiger partial charge in [-0.2, -0.15) is 18.3 Å². The van der Waals surface area contributed by atoms with Gasteiger partial charge in [0.05, 0.1) is 23.7 Å². The molecule has 0 radical (unpaired) electrons. The second-order valence-corrected chi connectivity index (χ2v) is 9.24. The zero-order valence-corrected chi connectivity index (χ0v) is 19.0. The molecule has 2 atom stereocenters. The maximum atomic E-state index is 13.3. The second-order valence-electron chi connectivity index (χ2n) is 8.83. The molecule has 1 spiro atoms. The summed E-state index contributed by atoms with van der Waals surface area (Å²) < 4.78 is 37.6. The highest BCUT2D eigenvalue weighted by Crippen LogP contribution is 2.52. The molecule has 0 saturated carbocycles. The number of carbonyl (C=O) groups excluding carboxylic acids is 2. The predicted molar refractivity (Wildman–Crippen MR) is 122 cm³/mol. The molecule has 3 N–H and O–H groups in total. The molecule has 12 heteroatoms. The number of likely N-dealkylation sites (tertiary alicyclic amines) is 1. The number of alkyl halides is 3. The lowest BCUT2D eigenvalue weighted by atomic mass is 9.80. The smallest absolute Gasteiger partial charge is 0.373 e. The Morgan fingerprint density at radius 1 is 1.29 bits per heavy atom. The van der Waals surface area contributed by atoms with Crippen LogP contribution in [0.2, 0.25) is 5.02 Å². The minimum atomic E-state index is -4.55. The third-order valence-corrected chi connectivity index (χ3v) is 6.98. The molecule has 2 aliphatic rings. The number of hydrogen-bond donors (Lipinski definition) is 3.